The molecule has 1 saturated carbocycles. The third-order valence-electron chi connectivity index (χ3n) is 18.1. The van der Waals surface area contributed by atoms with Crippen molar-refractivity contribution in [1.29, 1.82) is 5.26 Å². The number of aryl methyl sites for hydroxylation is 5. The first kappa shape index (κ1) is 116. The summed E-state index contributed by atoms with van der Waals surface area (Å²) in [5.41, 5.74) is 14.7. The number of nitrogens with two attached hydrogens (primary N) is 4. The number of nitrogens with one attached hydrogen (secondary N) is 2. The molecular formula is C84H78Br7F22N9O9. The molecule has 131 heavy (non-hydrogen) atoms. The van der Waals surface area contributed by atoms with E-state index in [1.54, 1.807) is 32.2 Å². The first-order valence-corrected chi connectivity index (χ1v) is 41.9. The molecule has 0 radical (unpaired) electrons. The smallest absolute Gasteiger partial charge is 0.418 e. The topological polar surface area (TPSA) is 311 Å². The molecule has 8 aromatic carbocycles. The second-order valence-electron chi connectivity index (χ2n) is 27.1. The van der Waals surface area contributed by atoms with E-state index in [9.17, 15) is 121 Å². The number of primary amides is 1. The van der Waals surface area contributed by atoms with Crippen LogP contribution in [0, 0.1) is 52.9 Å². The molecule has 1 spiro atoms. The summed E-state index contributed by atoms with van der Waals surface area (Å²) in [4.78, 5) is 64.7. The molecule has 11 rings (SSSR count). The first-order valence-electron chi connectivity index (χ1n) is 36.7. The van der Waals surface area contributed by atoms with Gasteiger partial charge in [0, 0.05) is 55.6 Å². The number of nitriles is 1. The van der Waals surface area contributed by atoms with Gasteiger partial charge in [-0.15, -0.1) is 0 Å². The van der Waals surface area contributed by atoms with Crippen molar-refractivity contribution < 1.29 is 141 Å². The highest BCUT2D eigenvalue weighted by Crippen LogP contribution is 2.49. The number of rotatable bonds is 9. The number of carbonyl (C=O) groups is 5. The van der Waals surface area contributed by atoms with Crippen LogP contribution in [0.3, 0.4) is 0 Å². The van der Waals surface area contributed by atoms with Gasteiger partial charge in [-0.05, 0) is 196 Å². The average Bonchev–Trinajstić information content (AvgIpc) is 1.57. The number of nitrogens with zero attached hydrogens (tertiary/aromatic N) is 3. The lowest BCUT2D eigenvalue weighted by Crippen LogP contribution is -2.40. The van der Waals surface area contributed by atoms with E-state index in [1.807, 2.05) is 24.3 Å². The van der Waals surface area contributed by atoms with Gasteiger partial charge in [0.15, 0.2) is 0 Å². The fourth-order valence-electron chi connectivity index (χ4n) is 12.3. The van der Waals surface area contributed by atoms with E-state index < -0.39 is 147 Å². The molecule has 1 aromatic heterocycles. The lowest BCUT2D eigenvalue weighted by atomic mass is 9.76. The zero-order valence-corrected chi connectivity index (χ0v) is 79.6. The number of aromatic carboxylic acids is 1. The molecule has 11 N–H and O–H groups in total. The predicted octanol–water partition coefficient (Wildman–Crippen LogP) is 27.5. The maximum Gasteiger partial charge on any atom is 0.418 e. The third-order valence-corrected chi connectivity index (χ3v) is 21.4. The zero-order chi connectivity index (χ0) is 101. The number of carboxylic acid groups (broad SMARTS) is 1. The molecule has 9 aromatic rings. The largest absolute Gasteiger partial charge is 0.497 e. The van der Waals surface area contributed by atoms with Gasteiger partial charge in [0.25, 0.3) is 5.91 Å². The molecule has 2 aliphatic rings. The molecule has 1 aliphatic carbocycles. The van der Waals surface area contributed by atoms with Crippen LogP contribution in [0.15, 0.2) is 142 Å². The van der Waals surface area contributed by atoms with Crippen molar-refractivity contribution >= 4 is 164 Å². The normalized spacial score (nSPS) is 12.6. The van der Waals surface area contributed by atoms with Gasteiger partial charge in [0.1, 0.15) is 29.8 Å². The van der Waals surface area contributed by atoms with Crippen molar-refractivity contribution in [3.8, 4) is 11.8 Å². The van der Waals surface area contributed by atoms with Crippen LogP contribution in [0.4, 0.5) is 120 Å². The highest BCUT2D eigenvalue weighted by molar-refractivity contribution is 9.11. The average molecular weight is 2340 g/mol. The van der Waals surface area contributed by atoms with Crippen molar-refractivity contribution in [2.45, 2.75) is 142 Å². The second kappa shape index (κ2) is 49.6. The molecule has 716 valence electrons. The van der Waals surface area contributed by atoms with Crippen LogP contribution < -0.4 is 38.3 Å². The molecule has 1 aliphatic heterocycles. The van der Waals surface area contributed by atoms with E-state index in [0.717, 1.165) is 87.3 Å². The summed E-state index contributed by atoms with van der Waals surface area (Å²) in [5.74, 6) is -3.85. The number of halogens is 29. The highest BCUT2D eigenvalue weighted by atomic mass is 79.9. The van der Waals surface area contributed by atoms with E-state index in [4.69, 9.17) is 39.4 Å². The SMILES string of the molecule is C.COC(=O)c1c(C)cc(Br)cc1C(F)(F)F.COC(=O)c1c(CBr)cc(Br)cc1C(F)(F)F.COc1ccc(CN)cc1.Cc1c(N)ncnc1Nc1cc(C(F)(F)F)c2c(c1)C1(CCCCC1)NC2=O.Cc1cc(Br)cc(C(F)(F)F)c1C#N.Cc1cc(Br)cc(C(F)(F)F)c1C(=O)O.Cc1cc(Br)cc(C(F)(F)F)c1C(N)=O.Cc1cc(Br)cc(C(F)(F)F)c1N.[2H]CF. The van der Waals surface area contributed by atoms with Gasteiger partial charge in [-0.1, -0.05) is 150 Å². The summed E-state index contributed by atoms with van der Waals surface area (Å²) >= 11 is 20.8. The minimum Gasteiger partial charge on any atom is -0.497 e. The first-order chi connectivity index (χ1) is 60.2. The Balaban J connectivity index is 0.000000517. The van der Waals surface area contributed by atoms with Crippen LogP contribution in [-0.4, -0.2) is 73.3 Å². The van der Waals surface area contributed by atoms with Crippen molar-refractivity contribution in [1.82, 2.24) is 15.3 Å². The van der Waals surface area contributed by atoms with Crippen LogP contribution in [-0.2, 0) is 70.1 Å². The van der Waals surface area contributed by atoms with E-state index in [1.165, 1.54) is 71.3 Å². The Hall–Kier alpha value is -9.34. The number of esters is 2. The highest BCUT2D eigenvalue weighted by Gasteiger charge is 2.50. The van der Waals surface area contributed by atoms with Gasteiger partial charge in [-0.25, -0.2) is 24.4 Å². The number of alkyl halides is 23. The number of hydrogen-bond donors (Lipinski definition) is 7. The molecule has 18 nitrogen and oxygen atoms in total. The molecule has 47 heteroatoms. The summed E-state index contributed by atoms with van der Waals surface area (Å²) in [7, 11) is 2.74. The monoisotopic (exact) mass is 2330 g/mol. The van der Waals surface area contributed by atoms with E-state index in [2.05, 4.69) is 142 Å². The van der Waals surface area contributed by atoms with Gasteiger partial charge >= 0.3 is 61.1 Å². The molecule has 0 atom stereocenters. The number of methoxy groups -OCH3 is 3. The van der Waals surface area contributed by atoms with Crippen LogP contribution >= 0.6 is 112 Å². The fourth-order valence-corrected chi connectivity index (χ4v) is 16.1. The molecule has 0 unspecified atom stereocenters. The lowest BCUT2D eigenvalue weighted by molar-refractivity contribution is -0.139. The summed E-state index contributed by atoms with van der Waals surface area (Å²) in [5, 5.41) is 23.2. The Labute approximate surface area is 795 Å². The van der Waals surface area contributed by atoms with Crippen LogP contribution in [0.25, 0.3) is 0 Å². The summed E-state index contributed by atoms with van der Waals surface area (Å²) in [6, 6.07) is 25.7. The third kappa shape index (κ3) is 33.4. The quantitative estimate of drug-likeness (QED) is 0.0306. The number of hydrogen-bond acceptors (Lipinski definition) is 15. The minimum absolute atomic E-state index is 0. The Bertz CT molecular complexity index is 5500. The summed E-state index contributed by atoms with van der Waals surface area (Å²) in [6.45, 7) is 9.43. The molecule has 1 fully saturated rings. The Kier molecular flexibility index (Phi) is 43.8. The van der Waals surface area contributed by atoms with Crippen molar-refractivity contribution in [3.05, 3.63) is 265 Å². The molecule has 0 saturated heterocycles. The predicted molar refractivity (Wildman–Crippen MR) is 471 cm³/mol. The molecule has 2 heterocycles. The number of amides is 2. The van der Waals surface area contributed by atoms with Gasteiger partial charge in [-0.3, -0.25) is 14.0 Å². The Morgan fingerprint density at radius 3 is 1.31 bits per heavy atom. The number of nitrogen functional groups attached to an aromatic ring is 2. The maximum atomic E-state index is 13.8. The van der Waals surface area contributed by atoms with Gasteiger partial charge in [0.05, 0.1) is 108 Å². The molecule has 0 bridgehead atoms. The maximum absolute atomic E-state index is 13.8. The second-order valence-corrected chi connectivity index (χ2v) is 33.1. The van der Waals surface area contributed by atoms with Gasteiger partial charge < -0.3 is 52.9 Å². The fraction of sp³-hybridized carbons (Fsp3) is 0.310. The number of carboxylic acids is 1. The van der Waals surface area contributed by atoms with Crippen LogP contribution in [0.5, 0.6) is 5.75 Å². The van der Waals surface area contributed by atoms with Crippen molar-refractivity contribution in [2.75, 3.05) is 45.3 Å². The Morgan fingerprint density at radius 1 is 0.534 bits per heavy atom. The molecule has 2 amide bonds. The minimum atomic E-state index is -4.66. The number of carbonyl (C=O) groups excluding carboxylic acids is 4. The molecular weight excluding hydrogens is 2260 g/mol. The number of fused-ring (bicyclic) bond motifs is 2. The number of anilines is 4. The lowest BCUT2D eigenvalue weighted by Gasteiger charge is -2.34. The van der Waals surface area contributed by atoms with Crippen LogP contribution in [0.2, 0.25) is 0 Å². The summed E-state index contributed by atoms with van der Waals surface area (Å²) in [6.07, 6.45) is -26.7. The van der Waals surface area contributed by atoms with E-state index >= 15 is 0 Å². The standard InChI is InChI=1S/C19H20F3N5O.C10H7Br2F3O2.C10H8BrF3O2.C9H7BrF3NO.C9H5BrF3N.C9H6BrF3O2.C8H7BrF3N.C8H11NO.CH3F.CH4/c1-10-15(23)24-9-25-16(10)26-11-7-12-14(13(8-11)19(20,21)22)17(28)27-18(12)5-3-2-4-6-18;1-17-9(16)8-5(4-11)2-6(12)3-7(8)10(13,14)15;1-5-3-6(11)4-7(10(12,13)14)8(5)9(15)16-2;1-4-2-5(10)3-6(9(11,12)13)7(4)8(14)15;1-5-2-6(10)3-8(7(5)4-14)9(11,12)13;1-4-2-5(10)3-6(9(11,12)13)7(4)8(14)15;1-4-2-5(9)3-6(7(4)13)8(10,11)12;1-10-8-4-2-7(6-9)3-5-8;1-2;/h7-9H,2-6H2,1H3,(H,27,28)(H3,23,24,25,26);2-3H,4H2,1H3;3-4H,1-2H3;2-3H,1H3,(H2,14,15);2-3H,1H3;2-3H,1H3,(H,14,15);2-3H,13H2,1H3;2-5H,6,9H2,1H3;1H3;1H4/i;;;;;;;;1D;. The van der Waals surface area contributed by atoms with Crippen LogP contribution in [0.1, 0.15) is 187 Å². The number of ether oxygens (including phenoxy) is 3. The number of benzene rings is 8. The Morgan fingerprint density at radius 2 is 0.908 bits per heavy atom. The number of aromatic nitrogens is 2. The van der Waals surface area contributed by atoms with E-state index in [0.29, 0.717) is 56.4 Å². The zero-order valence-electron chi connectivity index (χ0n) is 69.5. The van der Waals surface area contributed by atoms with E-state index in [-0.39, 0.29) is 81.2 Å². The van der Waals surface area contributed by atoms with Gasteiger partial charge in [-0.2, -0.15) is 97.5 Å². The van der Waals surface area contributed by atoms with Crippen molar-refractivity contribution in [3.63, 3.8) is 0 Å². The van der Waals surface area contributed by atoms with Crippen molar-refractivity contribution in [2.24, 2.45) is 11.5 Å². The summed E-state index contributed by atoms with van der Waals surface area (Å²) < 4.78 is 298. The van der Waals surface area contributed by atoms with Gasteiger partial charge in [0.2, 0.25) is 5.91 Å².